The number of carbonyl (C=O) groups is 1. The smallest absolute Gasteiger partial charge is 0.338 e. The van der Waals surface area contributed by atoms with Gasteiger partial charge in [0.2, 0.25) is 0 Å². The number of ether oxygens (including phenoxy) is 1. The first-order valence-corrected chi connectivity index (χ1v) is 9.33. The summed E-state index contributed by atoms with van der Waals surface area (Å²) in [5.41, 5.74) is 0.476. The molecule has 0 aromatic heterocycles. The molecule has 0 atom stereocenters. The van der Waals surface area contributed by atoms with Gasteiger partial charge in [-0.3, -0.25) is 4.72 Å². The van der Waals surface area contributed by atoms with E-state index < -0.39 is 27.4 Å². The van der Waals surface area contributed by atoms with Gasteiger partial charge in [-0.2, -0.15) is 0 Å². The lowest BCUT2D eigenvalue weighted by Gasteiger charge is -2.29. The average Bonchev–Trinajstić information content (AvgIpc) is 2.62. The van der Waals surface area contributed by atoms with Crippen LogP contribution in [0, 0.1) is 5.82 Å². The van der Waals surface area contributed by atoms with Crippen LogP contribution >= 0.6 is 0 Å². The number of carboxylic acid groups (broad SMARTS) is 1. The summed E-state index contributed by atoms with van der Waals surface area (Å²) >= 11 is 0. The van der Waals surface area contributed by atoms with E-state index in [2.05, 4.69) is 9.62 Å². The lowest BCUT2D eigenvalue weighted by Crippen LogP contribution is -2.36. The van der Waals surface area contributed by atoms with Crippen molar-refractivity contribution in [3.8, 4) is 0 Å². The second kappa shape index (κ2) is 7.30. The van der Waals surface area contributed by atoms with E-state index in [1.54, 1.807) is 18.2 Å². The monoisotopic (exact) mass is 380 g/mol. The molecular formula is C17H17FN2O5S. The van der Waals surface area contributed by atoms with Gasteiger partial charge in [0.1, 0.15) is 5.82 Å². The van der Waals surface area contributed by atoms with Gasteiger partial charge in [0.15, 0.2) is 0 Å². The molecule has 0 bridgehead atoms. The maximum Gasteiger partial charge on any atom is 0.338 e. The number of halogens is 1. The number of rotatable bonds is 5. The van der Waals surface area contributed by atoms with Gasteiger partial charge in [-0.15, -0.1) is 0 Å². The predicted octanol–water partition coefficient (Wildman–Crippen LogP) is 2.16. The van der Waals surface area contributed by atoms with E-state index in [9.17, 15) is 17.6 Å². The highest BCUT2D eigenvalue weighted by molar-refractivity contribution is 7.92. The molecule has 0 radical (unpaired) electrons. The number of morpholine rings is 1. The van der Waals surface area contributed by atoms with E-state index in [1.165, 1.54) is 0 Å². The molecule has 1 aliphatic heterocycles. The summed E-state index contributed by atoms with van der Waals surface area (Å²) in [5.74, 6) is -2.53. The van der Waals surface area contributed by atoms with Crippen LogP contribution in [0.5, 0.6) is 0 Å². The number of carboxylic acids is 1. The van der Waals surface area contributed by atoms with E-state index >= 15 is 0 Å². The van der Waals surface area contributed by atoms with Crippen LogP contribution in [0.2, 0.25) is 0 Å². The summed E-state index contributed by atoms with van der Waals surface area (Å²) in [7, 11) is -4.06. The third-order valence-corrected chi connectivity index (χ3v) is 5.33. The number of benzene rings is 2. The van der Waals surface area contributed by atoms with Gasteiger partial charge >= 0.3 is 5.97 Å². The van der Waals surface area contributed by atoms with Crippen molar-refractivity contribution in [2.75, 3.05) is 35.9 Å². The highest BCUT2D eigenvalue weighted by Gasteiger charge is 2.20. The lowest BCUT2D eigenvalue weighted by atomic mass is 10.2. The largest absolute Gasteiger partial charge is 0.478 e. The molecule has 3 rings (SSSR count). The lowest BCUT2D eigenvalue weighted by molar-refractivity contribution is 0.0691. The normalized spacial score (nSPS) is 14.9. The number of hydrogen-bond donors (Lipinski definition) is 2. The third-order valence-electron chi connectivity index (χ3n) is 3.95. The average molecular weight is 380 g/mol. The Labute approximate surface area is 150 Å². The van der Waals surface area contributed by atoms with E-state index in [0.29, 0.717) is 32.0 Å². The molecule has 0 unspecified atom stereocenters. The summed E-state index contributed by atoms with van der Waals surface area (Å²) in [6.45, 7) is 2.61. The Morgan fingerprint density at radius 2 is 1.88 bits per heavy atom. The van der Waals surface area contributed by atoms with Gasteiger partial charge in [0.05, 0.1) is 29.4 Å². The summed E-state index contributed by atoms with van der Waals surface area (Å²) in [5, 5.41) is 8.96. The fourth-order valence-corrected chi connectivity index (χ4v) is 3.71. The summed E-state index contributed by atoms with van der Waals surface area (Å²) in [4.78, 5) is 12.8. The van der Waals surface area contributed by atoms with Crippen molar-refractivity contribution in [2.45, 2.75) is 4.90 Å². The van der Waals surface area contributed by atoms with Gasteiger partial charge < -0.3 is 14.7 Å². The minimum absolute atomic E-state index is 0.326. The highest BCUT2D eigenvalue weighted by atomic mass is 32.2. The molecule has 1 saturated heterocycles. The first-order valence-electron chi connectivity index (χ1n) is 7.85. The maximum absolute atomic E-state index is 13.5. The van der Waals surface area contributed by atoms with Crippen LogP contribution in [-0.4, -0.2) is 45.8 Å². The van der Waals surface area contributed by atoms with E-state index in [4.69, 9.17) is 9.84 Å². The number of aromatic carboxylic acids is 1. The summed E-state index contributed by atoms with van der Waals surface area (Å²) in [6, 6.07) is 9.50. The zero-order valence-corrected chi connectivity index (χ0v) is 14.5. The predicted molar refractivity (Wildman–Crippen MR) is 93.6 cm³/mol. The molecule has 9 heteroatoms. The van der Waals surface area contributed by atoms with Crippen LogP contribution in [-0.2, 0) is 14.8 Å². The van der Waals surface area contributed by atoms with E-state index in [1.807, 2.05) is 6.07 Å². The second-order valence-electron chi connectivity index (χ2n) is 5.70. The zero-order valence-electron chi connectivity index (χ0n) is 13.7. The molecule has 0 saturated carbocycles. The number of nitrogens with one attached hydrogen (secondary N) is 1. The molecule has 0 spiro atoms. The van der Waals surface area contributed by atoms with Gasteiger partial charge in [-0.05, 0) is 36.4 Å². The van der Waals surface area contributed by atoms with Gasteiger partial charge in [0.25, 0.3) is 10.0 Å². The van der Waals surface area contributed by atoms with Gasteiger partial charge in [0, 0.05) is 18.8 Å². The third kappa shape index (κ3) is 3.94. The Morgan fingerprint density at radius 3 is 2.58 bits per heavy atom. The maximum atomic E-state index is 13.5. The number of nitrogens with zero attached hydrogens (tertiary/aromatic N) is 1. The van der Waals surface area contributed by atoms with Crippen LogP contribution in [0.15, 0.2) is 47.4 Å². The van der Waals surface area contributed by atoms with E-state index in [0.717, 1.165) is 23.9 Å². The highest BCUT2D eigenvalue weighted by Crippen LogP contribution is 2.23. The van der Waals surface area contributed by atoms with Crippen molar-refractivity contribution < 1.29 is 27.4 Å². The molecule has 2 aromatic carbocycles. The van der Waals surface area contributed by atoms with Crippen LogP contribution in [0.3, 0.4) is 0 Å². The Hall–Kier alpha value is -2.65. The SMILES string of the molecule is O=C(O)c1cc(S(=O)(=O)Nc2cccc(N3CCOCC3)c2)ccc1F. The quantitative estimate of drug-likeness (QED) is 0.825. The molecule has 1 heterocycles. The molecule has 26 heavy (non-hydrogen) atoms. The number of hydrogen-bond acceptors (Lipinski definition) is 5. The van der Waals surface area contributed by atoms with Crippen LogP contribution in [0.25, 0.3) is 0 Å². The number of anilines is 2. The van der Waals surface area contributed by atoms with E-state index in [-0.39, 0.29) is 4.90 Å². The molecule has 0 amide bonds. The van der Waals surface area contributed by atoms with Gasteiger partial charge in [-0.1, -0.05) is 6.07 Å². The van der Waals surface area contributed by atoms with Crippen molar-refractivity contribution in [3.63, 3.8) is 0 Å². The molecule has 7 nitrogen and oxygen atoms in total. The van der Waals surface area contributed by atoms with Crippen molar-refractivity contribution in [1.29, 1.82) is 0 Å². The molecule has 0 aliphatic carbocycles. The molecule has 2 N–H and O–H groups in total. The molecule has 1 aliphatic rings. The molecule has 138 valence electrons. The summed E-state index contributed by atoms with van der Waals surface area (Å²) < 4.78 is 46.2. The fraction of sp³-hybridized carbons (Fsp3) is 0.235. The Kier molecular flexibility index (Phi) is 5.10. The van der Waals surface area contributed by atoms with Gasteiger partial charge in [-0.25, -0.2) is 17.6 Å². The number of sulfonamides is 1. The topological polar surface area (TPSA) is 95.9 Å². The standard InChI is InChI=1S/C17H17FN2O5S/c18-16-5-4-14(11-15(16)17(21)22)26(23,24)19-12-2-1-3-13(10-12)20-6-8-25-9-7-20/h1-5,10-11,19H,6-9H2,(H,21,22). The minimum Gasteiger partial charge on any atom is -0.478 e. The van der Waals surface area contributed by atoms with Crippen molar-refractivity contribution in [2.24, 2.45) is 0 Å². The zero-order chi connectivity index (χ0) is 18.7. The van der Waals surface area contributed by atoms with Crippen LogP contribution in [0.4, 0.5) is 15.8 Å². The Morgan fingerprint density at radius 1 is 1.15 bits per heavy atom. The van der Waals surface area contributed by atoms with Crippen LogP contribution in [0.1, 0.15) is 10.4 Å². The molecule has 2 aromatic rings. The minimum atomic E-state index is -4.06. The second-order valence-corrected chi connectivity index (χ2v) is 7.38. The molecule has 1 fully saturated rings. The van der Waals surface area contributed by atoms with Crippen molar-refractivity contribution in [1.82, 2.24) is 0 Å². The first kappa shape index (κ1) is 18.2. The van der Waals surface area contributed by atoms with Crippen molar-refractivity contribution in [3.05, 3.63) is 53.8 Å². The first-order chi connectivity index (χ1) is 12.4. The Balaban J connectivity index is 1.86. The van der Waals surface area contributed by atoms with Crippen molar-refractivity contribution >= 4 is 27.4 Å². The fourth-order valence-electron chi connectivity index (χ4n) is 2.64. The Bertz CT molecular complexity index is 927. The summed E-state index contributed by atoms with van der Waals surface area (Å²) in [6.07, 6.45) is 0. The molecular weight excluding hydrogens is 363 g/mol. The van der Waals surface area contributed by atoms with Crippen LogP contribution < -0.4 is 9.62 Å².